The fourth-order valence-electron chi connectivity index (χ4n) is 2.25. The number of ketones is 1. The Morgan fingerprint density at radius 2 is 2.10 bits per heavy atom. The number of thiophene rings is 1. The first-order chi connectivity index (χ1) is 9.67. The van der Waals surface area contributed by atoms with Crippen LogP contribution in [0.1, 0.15) is 21.5 Å². The lowest BCUT2D eigenvalue weighted by molar-refractivity contribution is 0.0977. The van der Waals surface area contributed by atoms with Crippen LogP contribution in [0.4, 0.5) is 0 Å². The van der Waals surface area contributed by atoms with E-state index < -0.39 is 0 Å². The zero-order chi connectivity index (χ0) is 14.1. The van der Waals surface area contributed by atoms with Gasteiger partial charge in [-0.05, 0) is 42.1 Å². The minimum Gasteiger partial charge on any atom is -0.340 e. The van der Waals surface area contributed by atoms with Crippen LogP contribution < -0.4 is 0 Å². The standard InChI is InChI=1S/C16H14BrNOS/c1-2-13-5-6-16(20-13)15(19)10-18-8-7-11-3-4-12(17)9-14(11)18/h3-9H,2,10H2,1H3. The molecule has 0 aliphatic carbocycles. The van der Waals surface area contributed by atoms with Gasteiger partial charge in [0, 0.05) is 21.1 Å². The van der Waals surface area contributed by atoms with E-state index in [2.05, 4.69) is 35.0 Å². The summed E-state index contributed by atoms with van der Waals surface area (Å²) in [7, 11) is 0. The summed E-state index contributed by atoms with van der Waals surface area (Å²) in [4.78, 5) is 14.5. The molecule has 0 radical (unpaired) electrons. The van der Waals surface area contributed by atoms with Gasteiger partial charge in [0.1, 0.15) is 0 Å². The topological polar surface area (TPSA) is 22.0 Å². The van der Waals surface area contributed by atoms with Crippen LogP contribution in [0.3, 0.4) is 0 Å². The Morgan fingerprint density at radius 3 is 2.85 bits per heavy atom. The Kier molecular flexibility index (Phi) is 3.76. The van der Waals surface area contributed by atoms with Crippen molar-refractivity contribution < 1.29 is 4.79 Å². The highest BCUT2D eigenvalue weighted by molar-refractivity contribution is 9.10. The Hall–Kier alpha value is -1.39. The largest absolute Gasteiger partial charge is 0.340 e. The Morgan fingerprint density at radius 1 is 1.25 bits per heavy atom. The Balaban J connectivity index is 1.89. The van der Waals surface area contributed by atoms with Gasteiger partial charge in [0.25, 0.3) is 0 Å². The molecule has 0 aliphatic heterocycles. The molecule has 0 N–H and O–H groups in total. The molecule has 0 bridgehead atoms. The lowest BCUT2D eigenvalue weighted by Crippen LogP contribution is -2.07. The number of nitrogens with zero attached hydrogens (tertiary/aromatic N) is 1. The molecular weight excluding hydrogens is 334 g/mol. The number of fused-ring (bicyclic) bond motifs is 1. The second-order valence-corrected chi connectivity index (χ2v) is 6.77. The number of carbonyl (C=O) groups is 1. The predicted molar refractivity (Wildman–Crippen MR) is 87.7 cm³/mol. The fraction of sp³-hybridized carbons (Fsp3) is 0.188. The van der Waals surface area contributed by atoms with Crippen molar-refractivity contribution in [2.45, 2.75) is 19.9 Å². The van der Waals surface area contributed by atoms with Gasteiger partial charge in [0.2, 0.25) is 0 Å². The number of hydrogen-bond donors (Lipinski definition) is 0. The van der Waals surface area contributed by atoms with Gasteiger partial charge in [-0.25, -0.2) is 0 Å². The van der Waals surface area contributed by atoms with E-state index in [1.165, 1.54) is 4.88 Å². The van der Waals surface area contributed by atoms with E-state index in [0.29, 0.717) is 6.54 Å². The lowest BCUT2D eigenvalue weighted by atomic mass is 10.2. The molecule has 2 aromatic heterocycles. The second-order valence-electron chi connectivity index (χ2n) is 4.69. The van der Waals surface area contributed by atoms with Crippen molar-refractivity contribution in [1.82, 2.24) is 4.57 Å². The van der Waals surface area contributed by atoms with Crippen LogP contribution >= 0.6 is 27.3 Å². The van der Waals surface area contributed by atoms with E-state index in [1.54, 1.807) is 11.3 Å². The Labute approximate surface area is 130 Å². The van der Waals surface area contributed by atoms with Gasteiger partial charge in [-0.1, -0.05) is 28.9 Å². The second kappa shape index (κ2) is 5.54. The van der Waals surface area contributed by atoms with Crippen molar-refractivity contribution in [2.24, 2.45) is 0 Å². The molecule has 0 unspecified atom stereocenters. The van der Waals surface area contributed by atoms with Gasteiger partial charge in [0.05, 0.1) is 11.4 Å². The van der Waals surface area contributed by atoms with Gasteiger partial charge in [-0.15, -0.1) is 11.3 Å². The van der Waals surface area contributed by atoms with E-state index >= 15 is 0 Å². The number of carbonyl (C=O) groups excluding carboxylic acids is 1. The highest BCUT2D eigenvalue weighted by atomic mass is 79.9. The molecule has 0 fully saturated rings. The summed E-state index contributed by atoms with van der Waals surface area (Å²) < 4.78 is 3.04. The van der Waals surface area contributed by atoms with Gasteiger partial charge >= 0.3 is 0 Å². The molecule has 20 heavy (non-hydrogen) atoms. The summed E-state index contributed by atoms with van der Waals surface area (Å²) in [5.74, 6) is 0.173. The van der Waals surface area contributed by atoms with Gasteiger partial charge in [0.15, 0.2) is 5.78 Å². The molecular formula is C16H14BrNOS. The summed E-state index contributed by atoms with van der Waals surface area (Å²) in [5.41, 5.74) is 1.08. The van der Waals surface area contributed by atoms with Crippen LogP contribution in [0, 0.1) is 0 Å². The summed E-state index contributed by atoms with van der Waals surface area (Å²) in [6.07, 6.45) is 2.96. The molecule has 0 spiro atoms. The van der Waals surface area contributed by atoms with Crippen LogP contribution in [0.25, 0.3) is 10.9 Å². The molecule has 3 rings (SSSR count). The summed E-state index contributed by atoms with van der Waals surface area (Å²) in [6, 6.07) is 12.1. The first-order valence-electron chi connectivity index (χ1n) is 6.53. The minimum atomic E-state index is 0.173. The maximum Gasteiger partial charge on any atom is 0.192 e. The minimum absolute atomic E-state index is 0.173. The number of aromatic nitrogens is 1. The van der Waals surface area contributed by atoms with Crippen molar-refractivity contribution in [3.8, 4) is 0 Å². The number of aryl methyl sites for hydroxylation is 1. The Bertz CT molecular complexity index is 772. The molecule has 0 amide bonds. The third kappa shape index (κ3) is 2.58. The zero-order valence-corrected chi connectivity index (χ0v) is 13.5. The maximum absolute atomic E-state index is 12.3. The van der Waals surface area contributed by atoms with Crippen molar-refractivity contribution in [1.29, 1.82) is 0 Å². The van der Waals surface area contributed by atoms with E-state index in [4.69, 9.17) is 0 Å². The van der Waals surface area contributed by atoms with Gasteiger partial charge < -0.3 is 4.57 Å². The quantitative estimate of drug-likeness (QED) is 0.614. The first kappa shape index (κ1) is 13.6. The molecule has 3 aromatic rings. The molecule has 0 saturated carbocycles. The summed E-state index contributed by atoms with van der Waals surface area (Å²) in [5, 5.41) is 1.15. The normalized spacial score (nSPS) is 11.1. The van der Waals surface area contributed by atoms with Crippen LogP contribution in [0.2, 0.25) is 0 Å². The molecule has 2 heterocycles. The van der Waals surface area contributed by atoms with Crippen molar-refractivity contribution in [2.75, 3.05) is 0 Å². The van der Waals surface area contributed by atoms with E-state index in [0.717, 1.165) is 26.7 Å². The zero-order valence-electron chi connectivity index (χ0n) is 11.1. The van der Waals surface area contributed by atoms with Crippen molar-refractivity contribution in [3.05, 3.63) is 56.8 Å². The van der Waals surface area contributed by atoms with E-state index in [-0.39, 0.29) is 5.78 Å². The predicted octanol–water partition coefficient (Wildman–Crippen LogP) is 4.91. The first-order valence-corrected chi connectivity index (χ1v) is 8.14. The van der Waals surface area contributed by atoms with Crippen LogP contribution in [-0.2, 0) is 13.0 Å². The molecule has 0 aliphatic rings. The van der Waals surface area contributed by atoms with Crippen LogP contribution in [-0.4, -0.2) is 10.4 Å². The number of rotatable bonds is 4. The average molecular weight is 348 g/mol. The molecule has 1 aromatic carbocycles. The number of hydrogen-bond acceptors (Lipinski definition) is 2. The molecule has 0 saturated heterocycles. The van der Waals surface area contributed by atoms with Gasteiger partial charge in [-0.3, -0.25) is 4.79 Å². The number of halogens is 1. The van der Waals surface area contributed by atoms with Crippen molar-refractivity contribution >= 4 is 44.0 Å². The number of Topliss-reactive ketones (excluding diaryl/α,β-unsaturated/α-hetero) is 1. The van der Waals surface area contributed by atoms with Crippen LogP contribution in [0.5, 0.6) is 0 Å². The molecule has 0 atom stereocenters. The summed E-state index contributed by atoms with van der Waals surface area (Å²) in [6.45, 7) is 2.50. The third-order valence-electron chi connectivity index (χ3n) is 3.33. The monoisotopic (exact) mass is 347 g/mol. The third-order valence-corrected chi connectivity index (χ3v) is 5.10. The molecule has 2 nitrogen and oxygen atoms in total. The molecule has 102 valence electrons. The molecule has 4 heteroatoms. The van der Waals surface area contributed by atoms with Crippen LogP contribution in [0.15, 0.2) is 47.1 Å². The maximum atomic E-state index is 12.3. The fourth-order valence-corrected chi connectivity index (χ4v) is 3.47. The van der Waals surface area contributed by atoms with E-state index in [9.17, 15) is 4.79 Å². The highest BCUT2D eigenvalue weighted by Gasteiger charge is 2.11. The highest BCUT2D eigenvalue weighted by Crippen LogP contribution is 2.23. The summed E-state index contributed by atoms with van der Waals surface area (Å²) >= 11 is 5.08. The van der Waals surface area contributed by atoms with Gasteiger partial charge in [-0.2, -0.15) is 0 Å². The SMILES string of the molecule is CCc1ccc(C(=O)Cn2ccc3ccc(Br)cc32)s1. The lowest BCUT2D eigenvalue weighted by Gasteiger charge is -2.04. The van der Waals surface area contributed by atoms with Crippen molar-refractivity contribution in [3.63, 3.8) is 0 Å². The number of benzene rings is 1. The smallest absolute Gasteiger partial charge is 0.192 e. The van der Waals surface area contributed by atoms with E-state index in [1.807, 2.05) is 35.0 Å². The average Bonchev–Trinajstić information content (AvgIpc) is 3.06.